The highest BCUT2D eigenvalue weighted by molar-refractivity contribution is 5.79. The Labute approximate surface area is 126 Å². The zero-order chi connectivity index (χ0) is 14.2. The first-order chi connectivity index (χ1) is 10.3. The van der Waals surface area contributed by atoms with Crippen molar-refractivity contribution < 1.29 is 4.79 Å². The lowest BCUT2D eigenvalue weighted by Gasteiger charge is -2.44. The zero-order valence-electron chi connectivity index (χ0n) is 12.6. The number of fused-ring (bicyclic) bond motifs is 4. The third-order valence-corrected chi connectivity index (χ3v) is 5.53. The van der Waals surface area contributed by atoms with Crippen LogP contribution in [0.4, 0.5) is 0 Å². The molecule has 0 radical (unpaired) electrons. The Hall–Kier alpha value is -1.35. The Morgan fingerprint density at radius 3 is 2.76 bits per heavy atom. The molecule has 4 aliphatic rings. The average Bonchev–Trinajstić information content (AvgIpc) is 2.96. The Balaban J connectivity index is 1.37. The Morgan fingerprint density at radius 1 is 1.19 bits per heavy atom. The van der Waals surface area contributed by atoms with E-state index in [-0.39, 0.29) is 5.91 Å². The second kappa shape index (κ2) is 5.45. The summed E-state index contributed by atoms with van der Waals surface area (Å²) < 4.78 is 0. The van der Waals surface area contributed by atoms with Gasteiger partial charge < -0.3 is 10.2 Å². The quantitative estimate of drug-likeness (QED) is 0.920. The number of rotatable bonds is 3. The van der Waals surface area contributed by atoms with Crippen molar-refractivity contribution in [3.8, 4) is 0 Å². The van der Waals surface area contributed by atoms with Gasteiger partial charge in [-0.2, -0.15) is 0 Å². The van der Waals surface area contributed by atoms with Crippen LogP contribution >= 0.6 is 0 Å². The highest BCUT2D eigenvalue weighted by Gasteiger charge is 2.34. The minimum Gasteiger partial charge on any atom is -0.352 e. The first-order valence-corrected chi connectivity index (χ1v) is 8.40. The minimum atomic E-state index is 0.201. The van der Waals surface area contributed by atoms with Crippen molar-refractivity contribution >= 4 is 5.91 Å². The van der Waals surface area contributed by atoms with E-state index in [1.54, 1.807) is 0 Å². The minimum absolute atomic E-state index is 0.201. The van der Waals surface area contributed by atoms with Gasteiger partial charge in [0.25, 0.3) is 0 Å². The molecule has 112 valence electrons. The normalized spacial score (nSPS) is 30.2. The van der Waals surface area contributed by atoms with Gasteiger partial charge in [-0.25, -0.2) is 0 Å². The van der Waals surface area contributed by atoms with Gasteiger partial charge in [0.05, 0.1) is 6.42 Å². The summed E-state index contributed by atoms with van der Waals surface area (Å²) in [6.45, 7) is 3.50. The van der Waals surface area contributed by atoms with Crippen LogP contribution in [0.25, 0.3) is 0 Å². The van der Waals surface area contributed by atoms with Crippen LogP contribution < -0.4 is 5.32 Å². The van der Waals surface area contributed by atoms with Crippen LogP contribution in [0.1, 0.15) is 36.0 Å². The number of aryl methyl sites for hydroxylation is 2. The summed E-state index contributed by atoms with van der Waals surface area (Å²) in [6.07, 6.45) is 6.71. The maximum atomic E-state index is 12.3. The number of piperidine rings is 3. The first kappa shape index (κ1) is 13.3. The molecule has 3 aliphatic heterocycles. The molecule has 0 saturated carbocycles. The van der Waals surface area contributed by atoms with Crippen LogP contribution in [-0.4, -0.2) is 36.5 Å². The van der Waals surface area contributed by atoms with Gasteiger partial charge in [0.1, 0.15) is 0 Å². The molecule has 0 spiro atoms. The molecule has 1 aromatic carbocycles. The van der Waals surface area contributed by atoms with Crippen LogP contribution in [-0.2, 0) is 24.1 Å². The number of amides is 1. The second-order valence-electron chi connectivity index (χ2n) is 6.95. The number of carbonyl (C=O) groups excluding carboxylic acids is 1. The topological polar surface area (TPSA) is 32.3 Å². The van der Waals surface area contributed by atoms with Gasteiger partial charge >= 0.3 is 0 Å². The maximum Gasteiger partial charge on any atom is 0.224 e. The molecule has 0 aromatic heterocycles. The standard InChI is InChI=1S/C18H24N2O/c21-18(19-17-12-20-8-6-15(17)7-9-20)11-13-4-5-14-2-1-3-16(14)10-13/h4-5,10,15,17H,1-3,6-9,11-12H2,(H,19,21)/t17-/m0/s1. The van der Waals surface area contributed by atoms with E-state index in [1.165, 1.54) is 61.9 Å². The molecule has 0 unspecified atom stereocenters. The second-order valence-corrected chi connectivity index (χ2v) is 6.95. The predicted molar refractivity (Wildman–Crippen MR) is 83.3 cm³/mol. The van der Waals surface area contributed by atoms with E-state index in [1.807, 2.05) is 0 Å². The summed E-state index contributed by atoms with van der Waals surface area (Å²) in [5.41, 5.74) is 4.12. The lowest BCUT2D eigenvalue weighted by Crippen LogP contribution is -2.57. The average molecular weight is 284 g/mol. The molecule has 5 rings (SSSR count). The van der Waals surface area contributed by atoms with Crippen LogP contribution in [0.15, 0.2) is 18.2 Å². The van der Waals surface area contributed by atoms with Gasteiger partial charge in [-0.3, -0.25) is 4.79 Å². The lowest BCUT2D eigenvalue weighted by molar-refractivity contribution is -0.122. The molecule has 1 N–H and O–H groups in total. The number of hydrogen-bond donors (Lipinski definition) is 1. The molecule has 3 nitrogen and oxygen atoms in total. The van der Waals surface area contributed by atoms with Crippen LogP contribution in [0.3, 0.4) is 0 Å². The van der Waals surface area contributed by atoms with Gasteiger partial charge in [0, 0.05) is 12.6 Å². The number of hydrogen-bond acceptors (Lipinski definition) is 2. The molecule has 3 heteroatoms. The van der Waals surface area contributed by atoms with Crippen molar-refractivity contribution in [2.75, 3.05) is 19.6 Å². The summed E-state index contributed by atoms with van der Waals surface area (Å²) in [5, 5.41) is 3.29. The van der Waals surface area contributed by atoms with Crippen LogP contribution in [0.2, 0.25) is 0 Å². The van der Waals surface area contributed by atoms with E-state index in [9.17, 15) is 4.79 Å². The van der Waals surface area contributed by atoms with Crippen molar-refractivity contribution in [2.45, 2.75) is 44.6 Å². The summed E-state index contributed by atoms with van der Waals surface area (Å²) in [6, 6.07) is 6.99. The molecular weight excluding hydrogens is 260 g/mol. The van der Waals surface area contributed by atoms with E-state index < -0.39 is 0 Å². The van der Waals surface area contributed by atoms with Crippen molar-refractivity contribution in [1.29, 1.82) is 0 Å². The highest BCUT2D eigenvalue weighted by atomic mass is 16.1. The summed E-state index contributed by atoms with van der Waals surface area (Å²) in [5.74, 6) is 0.908. The number of nitrogens with one attached hydrogen (secondary N) is 1. The van der Waals surface area contributed by atoms with Gasteiger partial charge in [-0.15, -0.1) is 0 Å². The van der Waals surface area contributed by atoms with Crippen molar-refractivity contribution in [2.24, 2.45) is 5.92 Å². The summed E-state index contributed by atoms with van der Waals surface area (Å²) in [7, 11) is 0. The number of carbonyl (C=O) groups is 1. The molecule has 2 bridgehead atoms. The number of benzene rings is 1. The van der Waals surface area contributed by atoms with Gasteiger partial charge in [0.2, 0.25) is 5.91 Å². The molecule has 1 amide bonds. The molecule has 1 aromatic rings. The van der Waals surface area contributed by atoms with E-state index >= 15 is 0 Å². The Morgan fingerprint density at radius 2 is 2.00 bits per heavy atom. The lowest BCUT2D eigenvalue weighted by atomic mass is 9.84. The molecule has 3 saturated heterocycles. The van der Waals surface area contributed by atoms with Gasteiger partial charge in [-0.05, 0) is 67.8 Å². The zero-order valence-corrected chi connectivity index (χ0v) is 12.6. The maximum absolute atomic E-state index is 12.3. The summed E-state index contributed by atoms with van der Waals surface area (Å²) >= 11 is 0. The van der Waals surface area contributed by atoms with Crippen molar-refractivity contribution in [1.82, 2.24) is 10.2 Å². The fourth-order valence-corrected chi connectivity index (χ4v) is 4.31. The monoisotopic (exact) mass is 284 g/mol. The smallest absolute Gasteiger partial charge is 0.224 e. The first-order valence-electron chi connectivity index (χ1n) is 8.40. The molecule has 1 atom stereocenters. The van der Waals surface area contributed by atoms with Crippen LogP contribution in [0.5, 0.6) is 0 Å². The van der Waals surface area contributed by atoms with E-state index in [2.05, 4.69) is 28.4 Å². The van der Waals surface area contributed by atoms with Gasteiger partial charge in [0.15, 0.2) is 0 Å². The predicted octanol–water partition coefficient (Wildman–Crippen LogP) is 1.93. The number of nitrogens with zero attached hydrogens (tertiary/aromatic N) is 1. The molecule has 3 fully saturated rings. The molecule has 1 aliphatic carbocycles. The van der Waals surface area contributed by atoms with Crippen LogP contribution in [0, 0.1) is 5.92 Å². The largest absolute Gasteiger partial charge is 0.352 e. The molecule has 3 heterocycles. The fourth-order valence-electron chi connectivity index (χ4n) is 4.31. The SMILES string of the molecule is O=C(Cc1ccc2c(c1)CCC2)N[C@H]1CN2CCC1CC2. The third-order valence-electron chi connectivity index (χ3n) is 5.53. The molecular formula is C18H24N2O. The van der Waals surface area contributed by atoms with Crippen molar-refractivity contribution in [3.63, 3.8) is 0 Å². The van der Waals surface area contributed by atoms with E-state index in [4.69, 9.17) is 0 Å². The van der Waals surface area contributed by atoms with E-state index in [0.717, 1.165) is 6.54 Å². The van der Waals surface area contributed by atoms with Crippen molar-refractivity contribution in [3.05, 3.63) is 34.9 Å². The third kappa shape index (κ3) is 2.71. The fraction of sp³-hybridized carbons (Fsp3) is 0.611. The Bertz CT molecular complexity index is 546. The highest BCUT2D eigenvalue weighted by Crippen LogP contribution is 2.27. The summed E-state index contributed by atoms with van der Waals surface area (Å²) in [4.78, 5) is 14.8. The Kier molecular flexibility index (Phi) is 3.46. The van der Waals surface area contributed by atoms with Gasteiger partial charge in [-0.1, -0.05) is 18.2 Å². The van der Waals surface area contributed by atoms with E-state index in [0.29, 0.717) is 18.4 Å². The molecule has 21 heavy (non-hydrogen) atoms.